The van der Waals surface area contributed by atoms with Gasteiger partial charge in [-0.1, -0.05) is 0 Å². The molecule has 0 saturated carbocycles. The number of carbonyl (C=O) groups is 2. The molecule has 0 radical (unpaired) electrons. The zero-order valence-electron chi connectivity index (χ0n) is 7.78. The number of H-pyrrole nitrogens is 1. The molecule has 0 aliphatic heterocycles. The third-order valence-corrected chi connectivity index (χ3v) is 1.51. The second-order valence-corrected chi connectivity index (χ2v) is 2.56. The first-order valence-electron chi connectivity index (χ1n) is 4.15. The van der Waals surface area contributed by atoms with Gasteiger partial charge >= 0.3 is 11.8 Å². The molecule has 1 heterocycles. The Morgan fingerprint density at radius 3 is 2.80 bits per heavy atom. The lowest BCUT2D eigenvalue weighted by atomic mass is 10.5. The predicted molar refractivity (Wildman–Crippen MR) is 49.1 cm³/mol. The number of rotatable bonds is 3. The number of nitriles is 1. The fourth-order valence-electron chi connectivity index (χ4n) is 0.839. The summed E-state index contributed by atoms with van der Waals surface area (Å²) in [5.41, 5.74) is 0. The van der Waals surface area contributed by atoms with Crippen molar-refractivity contribution >= 4 is 11.8 Å². The van der Waals surface area contributed by atoms with Gasteiger partial charge in [0, 0.05) is 12.4 Å². The standard InChI is InChI=1S/C8H9N5O2/c9-1-2-12-7(14)8(15)13-5-6-10-3-4-11-6/h3-4H,2,5H2,(H,10,11)(H,12,14)(H,13,15). The van der Waals surface area contributed by atoms with Crippen molar-refractivity contribution in [2.45, 2.75) is 6.54 Å². The van der Waals surface area contributed by atoms with Crippen molar-refractivity contribution in [3.8, 4) is 6.07 Å². The molecule has 0 aromatic carbocycles. The first-order valence-corrected chi connectivity index (χ1v) is 4.15. The van der Waals surface area contributed by atoms with E-state index in [0.29, 0.717) is 5.82 Å². The largest absolute Gasteiger partial charge is 0.347 e. The second-order valence-electron chi connectivity index (χ2n) is 2.56. The molecule has 0 saturated heterocycles. The molecular weight excluding hydrogens is 198 g/mol. The Morgan fingerprint density at radius 2 is 2.20 bits per heavy atom. The zero-order chi connectivity index (χ0) is 11.1. The molecule has 0 bridgehead atoms. The van der Waals surface area contributed by atoms with Crippen molar-refractivity contribution in [2.24, 2.45) is 0 Å². The van der Waals surface area contributed by atoms with Gasteiger partial charge in [-0.3, -0.25) is 9.59 Å². The lowest BCUT2D eigenvalue weighted by molar-refractivity contribution is -0.139. The average molecular weight is 207 g/mol. The van der Waals surface area contributed by atoms with E-state index in [4.69, 9.17) is 5.26 Å². The molecule has 0 aliphatic rings. The molecule has 0 atom stereocenters. The molecule has 0 unspecified atom stereocenters. The van der Waals surface area contributed by atoms with Gasteiger partial charge in [0.1, 0.15) is 12.4 Å². The maximum absolute atomic E-state index is 11.1. The molecule has 0 spiro atoms. The SMILES string of the molecule is N#CCNC(=O)C(=O)NCc1ncc[nH]1. The third kappa shape index (κ3) is 3.48. The predicted octanol–water partition coefficient (Wildman–Crippen LogP) is -1.33. The number of hydrogen-bond donors (Lipinski definition) is 3. The van der Waals surface area contributed by atoms with E-state index in [9.17, 15) is 9.59 Å². The van der Waals surface area contributed by atoms with Gasteiger partial charge in [-0.05, 0) is 0 Å². The second kappa shape index (κ2) is 5.39. The van der Waals surface area contributed by atoms with Crippen molar-refractivity contribution in [3.63, 3.8) is 0 Å². The Morgan fingerprint density at radius 1 is 1.47 bits per heavy atom. The van der Waals surface area contributed by atoms with Crippen LogP contribution < -0.4 is 10.6 Å². The van der Waals surface area contributed by atoms with Crippen LogP contribution in [0, 0.1) is 11.3 Å². The maximum Gasteiger partial charge on any atom is 0.310 e. The Kier molecular flexibility index (Phi) is 3.85. The van der Waals surface area contributed by atoms with E-state index in [0.717, 1.165) is 0 Å². The Bertz CT molecular complexity index is 378. The van der Waals surface area contributed by atoms with Crippen LogP contribution in [-0.4, -0.2) is 28.3 Å². The highest BCUT2D eigenvalue weighted by Crippen LogP contribution is 1.86. The van der Waals surface area contributed by atoms with E-state index < -0.39 is 11.8 Å². The molecule has 15 heavy (non-hydrogen) atoms. The summed E-state index contributed by atoms with van der Waals surface area (Å²) in [5, 5.41) is 12.6. The topological polar surface area (TPSA) is 111 Å². The number of nitrogens with zero attached hydrogens (tertiary/aromatic N) is 2. The molecule has 7 heteroatoms. The molecule has 7 nitrogen and oxygen atoms in total. The number of aromatic amines is 1. The number of amides is 2. The zero-order valence-corrected chi connectivity index (χ0v) is 7.78. The van der Waals surface area contributed by atoms with Gasteiger partial charge in [0.05, 0.1) is 12.6 Å². The number of imidazole rings is 1. The van der Waals surface area contributed by atoms with E-state index in [-0.39, 0.29) is 13.1 Å². The summed E-state index contributed by atoms with van der Waals surface area (Å²) in [5.74, 6) is -1.07. The van der Waals surface area contributed by atoms with Gasteiger partial charge in [-0.25, -0.2) is 4.98 Å². The summed E-state index contributed by atoms with van der Waals surface area (Å²) in [7, 11) is 0. The normalized spacial score (nSPS) is 9.00. The summed E-state index contributed by atoms with van der Waals surface area (Å²) in [6, 6.07) is 1.69. The van der Waals surface area contributed by atoms with Gasteiger partial charge in [0.15, 0.2) is 0 Å². The van der Waals surface area contributed by atoms with Crippen molar-refractivity contribution in [3.05, 3.63) is 18.2 Å². The Balaban J connectivity index is 2.30. The van der Waals surface area contributed by atoms with Crippen LogP contribution in [0.25, 0.3) is 0 Å². The maximum atomic E-state index is 11.1. The minimum absolute atomic E-state index is 0.145. The molecule has 1 aromatic rings. The molecule has 1 aromatic heterocycles. The summed E-state index contributed by atoms with van der Waals surface area (Å²) >= 11 is 0. The van der Waals surface area contributed by atoms with Crippen molar-refractivity contribution in [2.75, 3.05) is 6.54 Å². The average Bonchev–Trinajstić information content (AvgIpc) is 2.75. The molecule has 0 aliphatic carbocycles. The highest BCUT2D eigenvalue weighted by atomic mass is 16.2. The third-order valence-electron chi connectivity index (χ3n) is 1.51. The van der Waals surface area contributed by atoms with Crippen LogP contribution in [0.5, 0.6) is 0 Å². The highest BCUT2D eigenvalue weighted by Gasteiger charge is 2.11. The van der Waals surface area contributed by atoms with E-state index in [2.05, 4.69) is 20.6 Å². The summed E-state index contributed by atoms with van der Waals surface area (Å²) in [6.45, 7) is -0.0428. The van der Waals surface area contributed by atoms with E-state index in [1.807, 2.05) is 0 Å². The van der Waals surface area contributed by atoms with E-state index >= 15 is 0 Å². The van der Waals surface area contributed by atoms with Gasteiger partial charge in [0.2, 0.25) is 0 Å². The molecule has 1 rings (SSSR count). The lowest BCUT2D eigenvalue weighted by Gasteiger charge is -2.01. The minimum Gasteiger partial charge on any atom is -0.347 e. The van der Waals surface area contributed by atoms with Crippen LogP contribution >= 0.6 is 0 Å². The van der Waals surface area contributed by atoms with E-state index in [1.54, 1.807) is 12.3 Å². The lowest BCUT2D eigenvalue weighted by Crippen LogP contribution is -2.39. The van der Waals surface area contributed by atoms with Crippen molar-refractivity contribution in [1.82, 2.24) is 20.6 Å². The molecule has 2 amide bonds. The van der Waals surface area contributed by atoms with Gasteiger partial charge in [-0.15, -0.1) is 0 Å². The minimum atomic E-state index is -0.830. The number of nitrogens with one attached hydrogen (secondary N) is 3. The molecule has 0 fully saturated rings. The Hall–Kier alpha value is -2.36. The first kappa shape index (κ1) is 10.7. The molecule has 78 valence electrons. The smallest absolute Gasteiger partial charge is 0.310 e. The van der Waals surface area contributed by atoms with Gasteiger partial charge < -0.3 is 15.6 Å². The van der Waals surface area contributed by atoms with Crippen molar-refractivity contribution in [1.29, 1.82) is 5.26 Å². The van der Waals surface area contributed by atoms with Gasteiger partial charge in [-0.2, -0.15) is 5.26 Å². The van der Waals surface area contributed by atoms with Crippen LogP contribution in [0.4, 0.5) is 0 Å². The van der Waals surface area contributed by atoms with Crippen LogP contribution in [-0.2, 0) is 16.1 Å². The fourth-order valence-corrected chi connectivity index (χ4v) is 0.839. The summed E-state index contributed by atoms with van der Waals surface area (Å²) in [6.07, 6.45) is 3.15. The quantitative estimate of drug-likeness (QED) is 0.421. The Labute approximate surface area is 85.5 Å². The number of carbonyl (C=O) groups excluding carboxylic acids is 2. The summed E-state index contributed by atoms with van der Waals surface area (Å²) in [4.78, 5) is 28.6. The number of hydrogen-bond acceptors (Lipinski definition) is 4. The van der Waals surface area contributed by atoms with Gasteiger partial charge in [0.25, 0.3) is 0 Å². The van der Waals surface area contributed by atoms with Crippen LogP contribution in [0.15, 0.2) is 12.4 Å². The fraction of sp³-hybridized carbons (Fsp3) is 0.250. The van der Waals surface area contributed by atoms with Crippen LogP contribution in [0.1, 0.15) is 5.82 Å². The van der Waals surface area contributed by atoms with Crippen molar-refractivity contribution < 1.29 is 9.59 Å². The monoisotopic (exact) mass is 207 g/mol. The van der Waals surface area contributed by atoms with E-state index in [1.165, 1.54) is 6.20 Å². The van der Waals surface area contributed by atoms with Crippen LogP contribution in [0.3, 0.4) is 0 Å². The highest BCUT2D eigenvalue weighted by molar-refractivity contribution is 6.35. The summed E-state index contributed by atoms with van der Waals surface area (Å²) < 4.78 is 0. The van der Waals surface area contributed by atoms with Crippen LogP contribution in [0.2, 0.25) is 0 Å². The first-order chi connectivity index (χ1) is 7.24. The number of aromatic nitrogens is 2. The molecular formula is C8H9N5O2. The molecule has 3 N–H and O–H groups in total.